The first-order valence-corrected chi connectivity index (χ1v) is 11.5. The molecule has 3 aliphatic rings. The molecule has 174 valence electrons. The highest BCUT2D eigenvalue weighted by atomic mass is 16.3. The van der Waals surface area contributed by atoms with Crippen molar-refractivity contribution in [2.75, 3.05) is 0 Å². The quantitative estimate of drug-likeness (QED) is 0.245. The minimum atomic E-state index is -0.519. The van der Waals surface area contributed by atoms with Crippen LogP contribution in [0.2, 0.25) is 0 Å². The van der Waals surface area contributed by atoms with Gasteiger partial charge in [0.2, 0.25) is 0 Å². The van der Waals surface area contributed by atoms with E-state index in [4.69, 9.17) is 0 Å². The van der Waals surface area contributed by atoms with Gasteiger partial charge >= 0.3 is 0 Å². The van der Waals surface area contributed by atoms with Crippen LogP contribution in [0.3, 0.4) is 0 Å². The summed E-state index contributed by atoms with van der Waals surface area (Å²) < 4.78 is 0. The third-order valence-corrected chi connectivity index (χ3v) is 8.35. The molecule has 6 N–H and O–H groups in total. The van der Waals surface area contributed by atoms with Crippen molar-refractivity contribution in [2.24, 2.45) is 5.41 Å². The summed E-state index contributed by atoms with van der Waals surface area (Å²) in [4.78, 5) is 0. The van der Waals surface area contributed by atoms with Gasteiger partial charge in [-0.15, -0.1) is 0 Å². The topological polar surface area (TPSA) is 121 Å². The van der Waals surface area contributed by atoms with Crippen LogP contribution in [-0.2, 0) is 0 Å². The van der Waals surface area contributed by atoms with E-state index in [2.05, 4.69) is 0 Å². The molecule has 3 aliphatic carbocycles. The van der Waals surface area contributed by atoms with E-state index >= 15 is 0 Å². The van der Waals surface area contributed by atoms with Gasteiger partial charge in [0.15, 0.2) is 0 Å². The third kappa shape index (κ3) is 2.38. The number of benzene rings is 4. The van der Waals surface area contributed by atoms with Gasteiger partial charge in [-0.2, -0.15) is 0 Å². The van der Waals surface area contributed by atoms with Crippen LogP contribution in [0.15, 0.2) is 72.8 Å². The van der Waals surface area contributed by atoms with Crippen LogP contribution in [0.1, 0.15) is 57.1 Å². The monoisotopic (exact) mass is 466 g/mol. The number of phenols is 6. The van der Waals surface area contributed by atoms with E-state index in [-0.39, 0.29) is 58.2 Å². The number of phenolic OH excluding ortho intramolecular Hbond substituents is 6. The molecule has 0 radical (unpaired) electrons. The zero-order valence-corrected chi connectivity index (χ0v) is 18.4. The molecule has 0 bridgehead atoms. The molecule has 0 heterocycles. The van der Waals surface area contributed by atoms with Crippen LogP contribution >= 0.6 is 0 Å². The second-order valence-corrected chi connectivity index (χ2v) is 9.94. The van der Waals surface area contributed by atoms with Crippen LogP contribution in [0, 0.1) is 5.41 Å². The summed E-state index contributed by atoms with van der Waals surface area (Å²) in [6.45, 7) is 0. The maximum Gasteiger partial charge on any atom is 0.123 e. The molecule has 5 unspecified atom stereocenters. The van der Waals surface area contributed by atoms with Crippen molar-refractivity contribution in [2.45, 2.75) is 23.7 Å². The normalized spacial score (nSPS) is 27.1. The van der Waals surface area contributed by atoms with Gasteiger partial charge in [0.1, 0.15) is 34.5 Å². The van der Waals surface area contributed by atoms with Gasteiger partial charge in [-0.3, -0.25) is 0 Å². The predicted molar refractivity (Wildman–Crippen MR) is 127 cm³/mol. The number of rotatable bonds is 2. The van der Waals surface area contributed by atoms with Crippen LogP contribution in [-0.4, -0.2) is 30.6 Å². The molecule has 0 aliphatic heterocycles. The lowest BCUT2D eigenvalue weighted by Gasteiger charge is -2.27. The lowest BCUT2D eigenvalue weighted by Crippen LogP contribution is -2.17. The third-order valence-electron chi connectivity index (χ3n) is 8.35. The second kappa shape index (κ2) is 6.42. The van der Waals surface area contributed by atoms with Crippen molar-refractivity contribution in [3.8, 4) is 34.5 Å². The lowest BCUT2D eigenvalue weighted by molar-refractivity contribution is 0.400. The molecule has 5 atom stereocenters. The van der Waals surface area contributed by atoms with E-state index < -0.39 is 5.41 Å². The Balaban J connectivity index is 1.57. The fraction of sp³-hybridized carbons (Fsp3) is 0.172. The van der Waals surface area contributed by atoms with Crippen molar-refractivity contribution in [3.63, 3.8) is 0 Å². The van der Waals surface area contributed by atoms with E-state index in [1.807, 2.05) is 24.3 Å². The number of fused-ring (bicyclic) bond motifs is 5. The summed E-state index contributed by atoms with van der Waals surface area (Å²) >= 11 is 0. The Morgan fingerprint density at radius 3 is 1.51 bits per heavy atom. The summed E-state index contributed by atoms with van der Waals surface area (Å²) in [6.07, 6.45) is 0. The minimum Gasteiger partial charge on any atom is -0.508 e. The van der Waals surface area contributed by atoms with Crippen LogP contribution < -0.4 is 0 Å². The second-order valence-electron chi connectivity index (χ2n) is 9.94. The van der Waals surface area contributed by atoms with E-state index in [0.29, 0.717) is 11.1 Å². The van der Waals surface area contributed by atoms with Gasteiger partial charge in [-0.05, 0) is 70.5 Å². The minimum absolute atomic E-state index is 0.0128. The Bertz CT molecular complexity index is 1520. The highest BCUT2D eigenvalue weighted by molar-refractivity contribution is 5.74. The van der Waals surface area contributed by atoms with Crippen LogP contribution in [0.5, 0.6) is 34.5 Å². The molecular formula is C29H22O6. The van der Waals surface area contributed by atoms with Gasteiger partial charge in [-0.1, -0.05) is 24.3 Å². The molecule has 6 nitrogen and oxygen atoms in total. The van der Waals surface area contributed by atoms with Crippen molar-refractivity contribution < 1.29 is 30.6 Å². The SMILES string of the molecule is Oc1ccc(C2c3c(O)cc(O)cc3C3c4c(O)cc(O)cc4C4C(c5ccc(O)cc5)C234)cc1. The molecular weight excluding hydrogens is 444 g/mol. The summed E-state index contributed by atoms with van der Waals surface area (Å²) in [6, 6.07) is 20.0. The maximum absolute atomic E-state index is 11.1. The fourth-order valence-electron chi connectivity index (χ4n) is 7.38. The van der Waals surface area contributed by atoms with Gasteiger partial charge in [-0.25, -0.2) is 0 Å². The predicted octanol–water partition coefficient (Wildman–Crippen LogP) is 5.08. The molecule has 0 amide bonds. The fourth-order valence-corrected chi connectivity index (χ4v) is 7.38. The van der Waals surface area contributed by atoms with E-state index in [9.17, 15) is 30.6 Å². The Morgan fingerprint density at radius 2 is 0.943 bits per heavy atom. The van der Waals surface area contributed by atoms with Crippen molar-refractivity contribution in [3.05, 3.63) is 106 Å². The Morgan fingerprint density at radius 1 is 0.457 bits per heavy atom. The highest BCUT2D eigenvalue weighted by Gasteiger charge is 2.80. The van der Waals surface area contributed by atoms with Crippen molar-refractivity contribution >= 4 is 0 Å². The van der Waals surface area contributed by atoms with Crippen molar-refractivity contribution in [1.29, 1.82) is 0 Å². The van der Waals surface area contributed by atoms with Crippen molar-refractivity contribution in [1.82, 2.24) is 0 Å². The number of hydrogen-bond donors (Lipinski definition) is 6. The average Bonchev–Trinajstić information content (AvgIpc) is 3.25. The first-order chi connectivity index (χ1) is 16.8. The zero-order chi connectivity index (χ0) is 24.2. The lowest BCUT2D eigenvalue weighted by atomic mass is 9.75. The van der Waals surface area contributed by atoms with Gasteiger partial charge < -0.3 is 30.6 Å². The van der Waals surface area contributed by atoms with Gasteiger partial charge in [0.05, 0.1) is 0 Å². The molecule has 1 fully saturated rings. The molecule has 35 heavy (non-hydrogen) atoms. The molecule has 7 rings (SSSR count). The smallest absolute Gasteiger partial charge is 0.123 e. The standard InChI is InChI=1S/C29H22O6/c30-15-5-1-13(2-6-15)25-23-19(9-17(32)11-21(23)34)27-24-20(10-18(33)12-22(24)35)28-26(29(25,27)28)14-3-7-16(31)8-4-14/h1-12,25-28,30-35H. The zero-order valence-electron chi connectivity index (χ0n) is 18.4. The molecule has 0 aromatic heterocycles. The highest BCUT2D eigenvalue weighted by Crippen LogP contribution is 2.90. The Hall–Kier alpha value is -4.32. The Kier molecular flexibility index (Phi) is 3.68. The van der Waals surface area contributed by atoms with Gasteiger partial charge in [0.25, 0.3) is 0 Å². The summed E-state index contributed by atoms with van der Waals surface area (Å²) in [5.74, 6) is -0.575. The average molecular weight is 466 g/mol. The van der Waals surface area contributed by atoms with Crippen LogP contribution in [0.25, 0.3) is 0 Å². The summed E-state index contributed by atoms with van der Waals surface area (Å²) in [5.41, 5.74) is 4.38. The summed E-state index contributed by atoms with van der Waals surface area (Å²) in [5, 5.41) is 62.7. The first-order valence-electron chi connectivity index (χ1n) is 11.5. The number of hydrogen-bond acceptors (Lipinski definition) is 6. The molecule has 1 saturated carbocycles. The summed E-state index contributed by atoms with van der Waals surface area (Å²) in [7, 11) is 0. The van der Waals surface area contributed by atoms with Crippen LogP contribution in [0.4, 0.5) is 0 Å². The first kappa shape index (κ1) is 20.1. The molecule has 4 aromatic rings. The Labute approximate surface area is 200 Å². The molecule has 4 aromatic carbocycles. The van der Waals surface area contributed by atoms with E-state index in [0.717, 1.165) is 22.3 Å². The molecule has 6 heteroatoms. The maximum atomic E-state index is 11.1. The largest absolute Gasteiger partial charge is 0.508 e. The van der Waals surface area contributed by atoms with E-state index in [1.54, 1.807) is 36.4 Å². The molecule has 1 spiro atoms. The van der Waals surface area contributed by atoms with E-state index in [1.165, 1.54) is 12.1 Å². The number of aromatic hydroxyl groups is 6. The molecule has 0 saturated heterocycles. The van der Waals surface area contributed by atoms with Gasteiger partial charge in [0, 0.05) is 40.5 Å².